The van der Waals surface area contributed by atoms with Crippen LogP contribution in [-0.2, 0) is 6.54 Å². The van der Waals surface area contributed by atoms with Crippen LogP contribution in [0.2, 0.25) is 5.02 Å². The molecule has 2 rings (SSSR count). The Bertz CT molecular complexity index is 487. The van der Waals surface area contributed by atoms with E-state index in [0.717, 1.165) is 11.3 Å². The van der Waals surface area contributed by atoms with Crippen LogP contribution in [-0.4, -0.2) is 40.4 Å². The number of nitrogens with zero attached hydrogens (tertiary/aromatic N) is 1. The number of carbonyl (C=O) groups excluding carboxylic acids is 1. The minimum absolute atomic E-state index is 0.0643. The second-order valence-corrected chi connectivity index (χ2v) is 6.54. The first-order valence-corrected chi connectivity index (χ1v) is 7.82. The van der Waals surface area contributed by atoms with E-state index in [1.54, 1.807) is 6.07 Å². The zero-order valence-corrected chi connectivity index (χ0v) is 12.7. The zero-order chi connectivity index (χ0) is 14.0. The van der Waals surface area contributed by atoms with E-state index in [0.29, 0.717) is 23.2 Å². The molecule has 1 atom stereocenters. The normalized spacial score (nSPS) is 19.1. The molecule has 1 aliphatic rings. The molecule has 1 heterocycles. The average Bonchev–Trinajstić information content (AvgIpc) is 2.86. The number of thioether (sulfide) groups is 1. The van der Waals surface area contributed by atoms with Crippen LogP contribution >= 0.6 is 23.4 Å². The number of rotatable bonds is 4. The van der Waals surface area contributed by atoms with Crippen molar-refractivity contribution in [2.24, 2.45) is 0 Å². The molecule has 0 amide bonds. The molecule has 0 spiro atoms. The number of aromatic hydroxyl groups is 1. The second kappa shape index (κ2) is 6.16. The number of Topliss-reactive ketones (excluding diaryl/α,β-unsaturated/α-hetero) is 1. The predicted molar refractivity (Wildman–Crippen MR) is 80.3 cm³/mol. The van der Waals surface area contributed by atoms with E-state index >= 15 is 0 Å². The lowest BCUT2D eigenvalue weighted by Crippen LogP contribution is -2.30. The molecule has 1 fully saturated rings. The summed E-state index contributed by atoms with van der Waals surface area (Å²) in [4.78, 5) is 13.7. The molecule has 104 valence electrons. The molecule has 3 nitrogen and oxygen atoms in total. The van der Waals surface area contributed by atoms with Crippen LogP contribution in [0.5, 0.6) is 5.75 Å². The SMILES string of the molecule is CC(=O)c1cc(Cl)cc(CN(C)C2CCSC2)c1O. The van der Waals surface area contributed by atoms with Crippen LogP contribution in [0.1, 0.15) is 29.3 Å². The van der Waals surface area contributed by atoms with Gasteiger partial charge in [-0.05, 0) is 38.3 Å². The van der Waals surface area contributed by atoms with Crippen LogP contribution in [0.15, 0.2) is 12.1 Å². The maximum atomic E-state index is 11.5. The average molecular weight is 300 g/mol. The lowest BCUT2D eigenvalue weighted by Gasteiger charge is -2.24. The van der Waals surface area contributed by atoms with E-state index in [9.17, 15) is 9.90 Å². The van der Waals surface area contributed by atoms with Crippen LogP contribution < -0.4 is 0 Å². The summed E-state index contributed by atoms with van der Waals surface area (Å²) in [6, 6.07) is 3.79. The number of phenolic OH excluding ortho intramolecular Hbond substituents is 1. The first kappa shape index (κ1) is 14.7. The summed E-state index contributed by atoms with van der Waals surface area (Å²) in [5.41, 5.74) is 1.02. The topological polar surface area (TPSA) is 40.5 Å². The van der Waals surface area contributed by atoms with Gasteiger partial charge < -0.3 is 5.11 Å². The molecule has 1 unspecified atom stereocenters. The lowest BCUT2D eigenvalue weighted by atomic mass is 10.0. The number of ketones is 1. The van der Waals surface area contributed by atoms with Crippen LogP contribution in [0, 0.1) is 0 Å². The maximum Gasteiger partial charge on any atom is 0.163 e. The predicted octanol–water partition coefficient (Wildman–Crippen LogP) is 3.19. The van der Waals surface area contributed by atoms with Crippen molar-refractivity contribution in [2.75, 3.05) is 18.6 Å². The molecule has 0 aromatic heterocycles. The number of phenols is 1. The molecule has 0 bridgehead atoms. The fraction of sp³-hybridized carbons (Fsp3) is 0.500. The van der Waals surface area contributed by atoms with E-state index in [-0.39, 0.29) is 11.5 Å². The van der Waals surface area contributed by atoms with Crippen molar-refractivity contribution >= 4 is 29.1 Å². The third-order valence-electron chi connectivity index (χ3n) is 3.48. The molecule has 1 aromatic rings. The fourth-order valence-corrected chi connectivity index (χ4v) is 3.85. The Hall–Kier alpha value is -0.710. The van der Waals surface area contributed by atoms with Crippen molar-refractivity contribution in [1.29, 1.82) is 0 Å². The fourth-order valence-electron chi connectivity index (χ4n) is 2.31. The number of halogens is 1. The molecule has 1 aromatic carbocycles. The lowest BCUT2D eigenvalue weighted by molar-refractivity contribution is 0.101. The molecule has 19 heavy (non-hydrogen) atoms. The zero-order valence-electron chi connectivity index (χ0n) is 11.1. The van der Waals surface area contributed by atoms with E-state index in [4.69, 9.17) is 11.6 Å². The van der Waals surface area contributed by atoms with Crippen LogP contribution in [0.4, 0.5) is 0 Å². The van der Waals surface area contributed by atoms with Gasteiger partial charge in [-0.25, -0.2) is 0 Å². The van der Waals surface area contributed by atoms with Gasteiger partial charge in [0.1, 0.15) is 5.75 Å². The molecule has 5 heteroatoms. The number of benzene rings is 1. The monoisotopic (exact) mass is 299 g/mol. The van der Waals surface area contributed by atoms with E-state index in [2.05, 4.69) is 4.90 Å². The molecular formula is C14H18ClNO2S. The first-order chi connectivity index (χ1) is 8.99. The quantitative estimate of drug-likeness (QED) is 0.867. The third-order valence-corrected chi connectivity index (χ3v) is 4.84. The Morgan fingerprint density at radius 3 is 2.89 bits per heavy atom. The second-order valence-electron chi connectivity index (χ2n) is 4.95. The van der Waals surface area contributed by atoms with Crippen molar-refractivity contribution in [3.05, 3.63) is 28.3 Å². The van der Waals surface area contributed by atoms with Gasteiger partial charge in [-0.2, -0.15) is 11.8 Å². The van der Waals surface area contributed by atoms with Gasteiger partial charge in [0.05, 0.1) is 5.56 Å². The summed E-state index contributed by atoms with van der Waals surface area (Å²) in [5, 5.41) is 10.7. The molecule has 1 saturated heterocycles. The smallest absolute Gasteiger partial charge is 0.163 e. The van der Waals surface area contributed by atoms with Gasteiger partial charge in [0.2, 0.25) is 0 Å². The summed E-state index contributed by atoms with van der Waals surface area (Å²) in [6.45, 7) is 2.05. The summed E-state index contributed by atoms with van der Waals surface area (Å²) >= 11 is 7.98. The summed E-state index contributed by atoms with van der Waals surface area (Å²) in [7, 11) is 2.05. The summed E-state index contributed by atoms with van der Waals surface area (Å²) < 4.78 is 0. The Kier molecular flexibility index (Phi) is 4.76. The number of carbonyl (C=O) groups is 1. The highest BCUT2D eigenvalue weighted by molar-refractivity contribution is 7.99. The van der Waals surface area contributed by atoms with Gasteiger partial charge >= 0.3 is 0 Å². The van der Waals surface area contributed by atoms with Crippen molar-refractivity contribution < 1.29 is 9.90 Å². The Balaban J connectivity index is 2.21. The molecular weight excluding hydrogens is 282 g/mol. The van der Waals surface area contributed by atoms with E-state index in [1.807, 2.05) is 18.8 Å². The first-order valence-electron chi connectivity index (χ1n) is 6.29. The highest BCUT2D eigenvalue weighted by Crippen LogP contribution is 2.30. The Labute approximate surface area is 122 Å². The molecule has 0 aliphatic carbocycles. The Morgan fingerprint density at radius 1 is 1.58 bits per heavy atom. The maximum absolute atomic E-state index is 11.5. The van der Waals surface area contributed by atoms with Gasteiger partial charge in [0.15, 0.2) is 5.78 Å². The standard InChI is InChI=1S/C14H18ClNO2S/c1-9(17)13-6-11(15)5-10(14(13)18)7-16(2)12-3-4-19-8-12/h5-6,12,18H,3-4,7-8H2,1-2H3. The van der Waals surface area contributed by atoms with Crippen molar-refractivity contribution in [1.82, 2.24) is 4.90 Å². The minimum Gasteiger partial charge on any atom is -0.507 e. The summed E-state index contributed by atoms with van der Waals surface area (Å²) in [5.74, 6) is 2.21. The molecule has 0 radical (unpaired) electrons. The van der Waals surface area contributed by atoms with Crippen LogP contribution in [0.25, 0.3) is 0 Å². The Morgan fingerprint density at radius 2 is 2.32 bits per heavy atom. The highest BCUT2D eigenvalue weighted by Gasteiger charge is 2.22. The summed E-state index contributed by atoms with van der Waals surface area (Å²) in [6.07, 6.45) is 1.17. The van der Waals surface area contributed by atoms with E-state index in [1.165, 1.54) is 25.2 Å². The van der Waals surface area contributed by atoms with Gasteiger partial charge in [0, 0.05) is 28.9 Å². The third kappa shape index (κ3) is 3.44. The number of hydrogen-bond acceptors (Lipinski definition) is 4. The largest absolute Gasteiger partial charge is 0.507 e. The van der Waals surface area contributed by atoms with Gasteiger partial charge in [-0.3, -0.25) is 9.69 Å². The van der Waals surface area contributed by atoms with Gasteiger partial charge in [0.25, 0.3) is 0 Å². The molecule has 1 aliphatic heterocycles. The molecule has 1 N–H and O–H groups in total. The highest BCUT2D eigenvalue weighted by atomic mass is 35.5. The van der Waals surface area contributed by atoms with Gasteiger partial charge in [-0.15, -0.1) is 0 Å². The van der Waals surface area contributed by atoms with Crippen LogP contribution in [0.3, 0.4) is 0 Å². The van der Waals surface area contributed by atoms with Crippen molar-refractivity contribution in [3.63, 3.8) is 0 Å². The van der Waals surface area contributed by atoms with Crippen molar-refractivity contribution in [2.45, 2.75) is 25.9 Å². The van der Waals surface area contributed by atoms with Gasteiger partial charge in [-0.1, -0.05) is 11.6 Å². The minimum atomic E-state index is -0.166. The number of hydrogen-bond donors (Lipinski definition) is 1. The van der Waals surface area contributed by atoms with Crippen molar-refractivity contribution in [3.8, 4) is 5.75 Å². The van der Waals surface area contributed by atoms with E-state index < -0.39 is 0 Å². The molecule has 0 saturated carbocycles.